The smallest absolute Gasteiger partial charge is 0.269 e. The van der Waals surface area contributed by atoms with Crippen molar-refractivity contribution in [2.24, 2.45) is 0 Å². The molecule has 0 saturated heterocycles. The van der Waals surface area contributed by atoms with Crippen molar-refractivity contribution in [1.82, 2.24) is 0 Å². The third-order valence-corrected chi connectivity index (χ3v) is 4.31. The van der Waals surface area contributed by atoms with Crippen LogP contribution in [0.15, 0.2) is 78.9 Å². The first-order valence-electron chi connectivity index (χ1n) is 8.61. The van der Waals surface area contributed by atoms with E-state index in [0.717, 1.165) is 17.7 Å². The maximum atomic E-state index is 12.7. The highest BCUT2D eigenvalue weighted by molar-refractivity contribution is 5.95. The van der Waals surface area contributed by atoms with Gasteiger partial charge in [-0.15, -0.1) is 0 Å². The first kappa shape index (κ1) is 16.2. The Labute approximate surface area is 152 Å². The zero-order valence-corrected chi connectivity index (χ0v) is 14.2. The second kappa shape index (κ2) is 7.31. The molecule has 1 heterocycles. The zero-order chi connectivity index (χ0) is 17.8. The molecule has 4 rings (SSSR count). The number of rotatable bonds is 4. The Morgan fingerprint density at radius 3 is 2.42 bits per heavy atom. The molecule has 3 aromatic rings. The van der Waals surface area contributed by atoms with Crippen molar-refractivity contribution in [1.29, 1.82) is 0 Å². The molecule has 0 fully saturated rings. The van der Waals surface area contributed by atoms with E-state index in [2.05, 4.69) is 17.4 Å². The number of carbonyl (C=O) groups is 1. The molecule has 4 nitrogen and oxygen atoms in total. The molecule has 1 amide bonds. The number of para-hydroxylation sites is 3. The lowest BCUT2D eigenvalue weighted by molar-refractivity contribution is -0.125. The standard InChI is InChI=1S/C22H19NO3/c24-22(21-15-25-19-12-6-7-13-20(19)26-21)23-18-11-5-4-10-17(18)14-16-8-2-1-3-9-16/h1-13,21H,14-15H2,(H,23,24)/t21-/m1/s1. The van der Waals surface area contributed by atoms with E-state index < -0.39 is 6.10 Å². The summed E-state index contributed by atoms with van der Waals surface area (Å²) in [6.07, 6.45) is 0.0805. The van der Waals surface area contributed by atoms with Crippen molar-refractivity contribution in [3.05, 3.63) is 90.0 Å². The minimum absolute atomic E-state index is 0.198. The fourth-order valence-corrected chi connectivity index (χ4v) is 2.97. The highest BCUT2D eigenvalue weighted by atomic mass is 16.6. The fraction of sp³-hybridized carbons (Fsp3) is 0.136. The quantitative estimate of drug-likeness (QED) is 0.776. The average Bonchev–Trinajstić information content (AvgIpc) is 2.70. The summed E-state index contributed by atoms with van der Waals surface area (Å²) < 4.78 is 11.4. The summed E-state index contributed by atoms with van der Waals surface area (Å²) in [7, 11) is 0. The molecule has 0 aliphatic carbocycles. The monoisotopic (exact) mass is 345 g/mol. The first-order valence-corrected chi connectivity index (χ1v) is 8.61. The number of fused-ring (bicyclic) bond motifs is 1. The molecule has 1 aliphatic heterocycles. The lowest BCUT2D eigenvalue weighted by Gasteiger charge is -2.25. The fourth-order valence-electron chi connectivity index (χ4n) is 2.97. The Balaban J connectivity index is 1.48. The molecule has 0 unspecified atom stereocenters. The minimum atomic E-state index is -0.672. The normalized spacial score (nSPS) is 15.3. The van der Waals surface area contributed by atoms with Crippen LogP contribution in [0, 0.1) is 0 Å². The summed E-state index contributed by atoms with van der Waals surface area (Å²) in [4.78, 5) is 12.7. The van der Waals surface area contributed by atoms with Crippen LogP contribution < -0.4 is 14.8 Å². The number of amides is 1. The predicted molar refractivity (Wildman–Crippen MR) is 101 cm³/mol. The Morgan fingerprint density at radius 1 is 0.885 bits per heavy atom. The van der Waals surface area contributed by atoms with Gasteiger partial charge in [0.1, 0.15) is 6.61 Å². The number of hydrogen-bond donors (Lipinski definition) is 1. The number of benzene rings is 3. The maximum Gasteiger partial charge on any atom is 0.269 e. The van der Waals surface area contributed by atoms with Gasteiger partial charge in [-0.3, -0.25) is 4.79 Å². The summed E-state index contributed by atoms with van der Waals surface area (Å²) in [5, 5.41) is 2.99. The van der Waals surface area contributed by atoms with Crippen molar-refractivity contribution in [3.63, 3.8) is 0 Å². The summed E-state index contributed by atoms with van der Waals surface area (Å²) in [5.41, 5.74) is 3.05. The van der Waals surface area contributed by atoms with Crippen LogP contribution in [0.25, 0.3) is 0 Å². The SMILES string of the molecule is O=C(Nc1ccccc1Cc1ccccc1)[C@H]1COc2ccccc2O1. The van der Waals surface area contributed by atoms with E-state index in [0.29, 0.717) is 11.5 Å². The van der Waals surface area contributed by atoms with Gasteiger partial charge in [0, 0.05) is 5.69 Å². The molecular formula is C22H19NO3. The predicted octanol–water partition coefficient (Wildman–Crippen LogP) is 4.06. The van der Waals surface area contributed by atoms with Crippen LogP contribution in [0.4, 0.5) is 5.69 Å². The van der Waals surface area contributed by atoms with Crippen molar-refractivity contribution >= 4 is 11.6 Å². The van der Waals surface area contributed by atoms with Gasteiger partial charge in [0.05, 0.1) is 0 Å². The second-order valence-electron chi connectivity index (χ2n) is 6.17. The Kier molecular flexibility index (Phi) is 4.56. The van der Waals surface area contributed by atoms with Crippen molar-refractivity contribution < 1.29 is 14.3 Å². The molecular weight excluding hydrogens is 326 g/mol. The van der Waals surface area contributed by atoms with Crippen LogP contribution >= 0.6 is 0 Å². The van der Waals surface area contributed by atoms with E-state index in [9.17, 15) is 4.79 Å². The number of hydrogen-bond acceptors (Lipinski definition) is 3. The summed E-state index contributed by atoms with van der Waals surface area (Å²) in [5.74, 6) is 1.05. The largest absolute Gasteiger partial charge is 0.485 e. The average molecular weight is 345 g/mol. The van der Waals surface area contributed by atoms with Gasteiger partial charge in [0.25, 0.3) is 5.91 Å². The van der Waals surface area contributed by atoms with Crippen LogP contribution in [0.3, 0.4) is 0 Å². The van der Waals surface area contributed by atoms with Gasteiger partial charge >= 0.3 is 0 Å². The molecule has 0 aromatic heterocycles. The van der Waals surface area contributed by atoms with Crippen LogP contribution in [0.1, 0.15) is 11.1 Å². The minimum Gasteiger partial charge on any atom is -0.485 e. The first-order chi connectivity index (χ1) is 12.8. The maximum absolute atomic E-state index is 12.7. The second-order valence-corrected chi connectivity index (χ2v) is 6.17. The van der Waals surface area contributed by atoms with Crippen LogP contribution in [-0.2, 0) is 11.2 Å². The topological polar surface area (TPSA) is 47.6 Å². The molecule has 0 spiro atoms. The van der Waals surface area contributed by atoms with E-state index in [1.54, 1.807) is 6.07 Å². The van der Waals surface area contributed by atoms with Gasteiger partial charge in [0.2, 0.25) is 6.10 Å². The Hall–Kier alpha value is -3.27. The van der Waals surface area contributed by atoms with Crippen LogP contribution in [0.2, 0.25) is 0 Å². The highest BCUT2D eigenvalue weighted by Crippen LogP contribution is 2.31. The molecule has 1 N–H and O–H groups in total. The van der Waals surface area contributed by atoms with Gasteiger partial charge in [-0.05, 0) is 35.7 Å². The molecule has 130 valence electrons. The van der Waals surface area contributed by atoms with Crippen molar-refractivity contribution in [3.8, 4) is 11.5 Å². The number of anilines is 1. The van der Waals surface area contributed by atoms with Crippen molar-refractivity contribution in [2.75, 3.05) is 11.9 Å². The summed E-state index contributed by atoms with van der Waals surface area (Å²) in [6.45, 7) is 0.198. The van der Waals surface area contributed by atoms with Gasteiger partial charge < -0.3 is 14.8 Å². The zero-order valence-electron chi connectivity index (χ0n) is 14.2. The molecule has 0 saturated carbocycles. The molecule has 3 aromatic carbocycles. The Bertz CT molecular complexity index is 908. The number of nitrogens with one attached hydrogen (secondary N) is 1. The third-order valence-electron chi connectivity index (χ3n) is 4.31. The van der Waals surface area contributed by atoms with Crippen LogP contribution in [0.5, 0.6) is 11.5 Å². The lowest BCUT2D eigenvalue weighted by Crippen LogP contribution is -2.40. The van der Waals surface area contributed by atoms with E-state index in [1.807, 2.05) is 60.7 Å². The molecule has 1 aliphatic rings. The molecule has 1 atom stereocenters. The molecule has 0 bridgehead atoms. The number of ether oxygens (including phenoxy) is 2. The van der Waals surface area contributed by atoms with Gasteiger partial charge in [0.15, 0.2) is 11.5 Å². The van der Waals surface area contributed by atoms with Crippen molar-refractivity contribution in [2.45, 2.75) is 12.5 Å². The molecule has 0 radical (unpaired) electrons. The number of carbonyl (C=O) groups excluding carboxylic acids is 1. The lowest BCUT2D eigenvalue weighted by atomic mass is 10.0. The van der Waals surface area contributed by atoms with Gasteiger partial charge in [-0.1, -0.05) is 60.7 Å². The van der Waals surface area contributed by atoms with E-state index in [1.165, 1.54) is 5.56 Å². The summed E-state index contributed by atoms with van der Waals surface area (Å²) in [6, 6.07) is 25.4. The van der Waals surface area contributed by atoms with E-state index in [-0.39, 0.29) is 12.5 Å². The van der Waals surface area contributed by atoms with E-state index >= 15 is 0 Å². The molecule has 4 heteroatoms. The third kappa shape index (κ3) is 3.54. The van der Waals surface area contributed by atoms with Crippen LogP contribution in [-0.4, -0.2) is 18.6 Å². The highest BCUT2D eigenvalue weighted by Gasteiger charge is 2.27. The summed E-state index contributed by atoms with van der Waals surface area (Å²) >= 11 is 0. The van der Waals surface area contributed by atoms with Gasteiger partial charge in [-0.2, -0.15) is 0 Å². The van der Waals surface area contributed by atoms with Gasteiger partial charge in [-0.25, -0.2) is 0 Å². The molecule has 26 heavy (non-hydrogen) atoms. The van der Waals surface area contributed by atoms with E-state index in [4.69, 9.17) is 9.47 Å². The Morgan fingerprint density at radius 2 is 1.58 bits per heavy atom.